The van der Waals surface area contributed by atoms with Gasteiger partial charge in [-0.15, -0.1) is 0 Å². The van der Waals surface area contributed by atoms with Crippen LogP contribution in [0.3, 0.4) is 0 Å². The standard InChI is InChI=1S/C17H13Cl2NO3S/c1-24(22)9-23-16-5-3-11(18)6-10(16)7-14-13-4-2-12(19)8-15(13)20-17(14)21/h2-8H,9H2,1H3,(H,20,21)/b14-7+. The fourth-order valence-electron chi connectivity index (χ4n) is 2.38. The van der Waals surface area contributed by atoms with Gasteiger partial charge in [-0.3, -0.25) is 4.79 Å². The molecule has 1 amide bonds. The third-order valence-electron chi connectivity index (χ3n) is 3.42. The lowest BCUT2D eigenvalue weighted by atomic mass is 10.0. The summed E-state index contributed by atoms with van der Waals surface area (Å²) in [4.78, 5) is 12.3. The van der Waals surface area contributed by atoms with E-state index in [0.717, 1.165) is 5.56 Å². The maximum atomic E-state index is 12.3. The van der Waals surface area contributed by atoms with E-state index in [2.05, 4.69) is 5.32 Å². The van der Waals surface area contributed by atoms with Crippen LogP contribution in [0.5, 0.6) is 5.75 Å². The third kappa shape index (κ3) is 3.70. The molecule has 0 spiro atoms. The van der Waals surface area contributed by atoms with E-state index in [-0.39, 0.29) is 11.8 Å². The van der Waals surface area contributed by atoms with E-state index in [4.69, 9.17) is 27.9 Å². The minimum atomic E-state index is -1.10. The molecular formula is C17H13Cl2NO3S. The molecule has 1 unspecified atom stereocenters. The average molecular weight is 382 g/mol. The number of hydrogen-bond acceptors (Lipinski definition) is 3. The summed E-state index contributed by atoms with van der Waals surface area (Å²) >= 11 is 10.9. The lowest BCUT2D eigenvalue weighted by Gasteiger charge is -2.11. The molecule has 2 aromatic rings. The molecule has 124 valence electrons. The number of halogens is 2. The number of benzene rings is 2. The van der Waals surface area contributed by atoms with Gasteiger partial charge in [0.15, 0.2) is 0 Å². The number of hydrogen-bond donors (Lipinski definition) is 1. The summed E-state index contributed by atoms with van der Waals surface area (Å²) in [6.07, 6.45) is 3.26. The molecule has 3 rings (SSSR count). The molecular weight excluding hydrogens is 369 g/mol. The summed E-state index contributed by atoms with van der Waals surface area (Å²) in [5, 5.41) is 3.84. The number of anilines is 1. The maximum absolute atomic E-state index is 12.3. The van der Waals surface area contributed by atoms with Gasteiger partial charge in [0, 0.05) is 26.7 Å². The zero-order valence-corrected chi connectivity index (χ0v) is 15.0. The Morgan fingerprint density at radius 2 is 1.92 bits per heavy atom. The molecule has 1 heterocycles. The summed E-state index contributed by atoms with van der Waals surface area (Å²) in [6, 6.07) is 10.3. The van der Waals surface area contributed by atoms with Crippen molar-refractivity contribution in [3.8, 4) is 5.75 Å². The summed E-state index contributed by atoms with van der Waals surface area (Å²) in [5.41, 5.74) is 2.56. The van der Waals surface area contributed by atoms with E-state index < -0.39 is 11.2 Å². The van der Waals surface area contributed by atoms with E-state index in [1.54, 1.807) is 48.7 Å². The van der Waals surface area contributed by atoms with Crippen molar-refractivity contribution in [1.82, 2.24) is 0 Å². The van der Waals surface area contributed by atoms with E-state index in [1.807, 2.05) is 0 Å². The molecule has 24 heavy (non-hydrogen) atoms. The first-order chi connectivity index (χ1) is 11.4. The number of carbonyl (C=O) groups excluding carboxylic acids is 1. The van der Waals surface area contributed by atoms with Crippen molar-refractivity contribution in [2.75, 3.05) is 17.5 Å². The van der Waals surface area contributed by atoms with Gasteiger partial charge in [-0.05, 0) is 47.6 Å². The molecule has 0 bridgehead atoms. The Kier molecular flexibility index (Phi) is 5.06. The van der Waals surface area contributed by atoms with E-state index in [9.17, 15) is 9.35 Å². The van der Waals surface area contributed by atoms with Gasteiger partial charge in [-0.2, -0.15) is 0 Å². The SMILES string of the molecule is C[S+]([O-])COc1ccc(Cl)cc1/C=C1/C(=O)Nc2cc(Cl)ccc21. The van der Waals surface area contributed by atoms with Gasteiger partial charge in [0.1, 0.15) is 5.75 Å². The fraction of sp³-hybridized carbons (Fsp3) is 0.118. The zero-order valence-electron chi connectivity index (χ0n) is 12.6. The van der Waals surface area contributed by atoms with Crippen LogP contribution in [0.1, 0.15) is 11.1 Å². The van der Waals surface area contributed by atoms with Gasteiger partial charge in [0.2, 0.25) is 5.94 Å². The molecule has 1 atom stereocenters. The summed E-state index contributed by atoms with van der Waals surface area (Å²) in [6.45, 7) is 0. The van der Waals surface area contributed by atoms with Gasteiger partial charge >= 0.3 is 0 Å². The number of carbonyl (C=O) groups is 1. The Balaban J connectivity index is 2.02. The number of fused-ring (bicyclic) bond motifs is 1. The Morgan fingerprint density at radius 3 is 2.67 bits per heavy atom. The van der Waals surface area contributed by atoms with Crippen molar-refractivity contribution in [3.63, 3.8) is 0 Å². The second-order valence-electron chi connectivity index (χ2n) is 5.22. The Morgan fingerprint density at radius 1 is 1.21 bits per heavy atom. The number of ether oxygens (including phenoxy) is 1. The van der Waals surface area contributed by atoms with Crippen LogP contribution >= 0.6 is 23.2 Å². The van der Waals surface area contributed by atoms with E-state index >= 15 is 0 Å². The van der Waals surface area contributed by atoms with Crippen LogP contribution in [0.2, 0.25) is 10.0 Å². The quantitative estimate of drug-likeness (QED) is 0.637. The second kappa shape index (κ2) is 7.07. The predicted octanol–water partition coefficient (Wildman–Crippen LogP) is 4.20. The van der Waals surface area contributed by atoms with Crippen molar-refractivity contribution in [3.05, 3.63) is 57.6 Å². The molecule has 1 aliphatic heterocycles. The van der Waals surface area contributed by atoms with E-state index in [0.29, 0.717) is 32.6 Å². The Labute approximate surface area is 152 Å². The van der Waals surface area contributed by atoms with Gasteiger partial charge in [0.25, 0.3) is 5.91 Å². The first-order valence-corrected chi connectivity index (χ1v) is 9.48. The number of amides is 1. The Hall–Kier alpha value is -1.66. The fourth-order valence-corrected chi connectivity index (χ4v) is 3.02. The highest BCUT2D eigenvalue weighted by Gasteiger charge is 2.24. The van der Waals surface area contributed by atoms with Crippen molar-refractivity contribution in [2.45, 2.75) is 0 Å². The van der Waals surface area contributed by atoms with Gasteiger partial charge in [-0.1, -0.05) is 29.3 Å². The summed E-state index contributed by atoms with van der Waals surface area (Å²) in [5.74, 6) is 0.352. The molecule has 0 aliphatic carbocycles. The molecule has 1 N–H and O–H groups in total. The largest absolute Gasteiger partial charge is 0.614 e. The first-order valence-electron chi connectivity index (χ1n) is 6.99. The minimum Gasteiger partial charge on any atom is -0.614 e. The number of rotatable bonds is 4. The van der Waals surface area contributed by atoms with Gasteiger partial charge in [-0.25, -0.2) is 0 Å². The van der Waals surface area contributed by atoms with Crippen LogP contribution in [0, 0.1) is 0 Å². The van der Waals surface area contributed by atoms with Crippen molar-refractivity contribution in [2.24, 2.45) is 0 Å². The average Bonchev–Trinajstić information content (AvgIpc) is 2.81. The van der Waals surface area contributed by atoms with Crippen LogP contribution in [0.25, 0.3) is 11.6 Å². The monoisotopic (exact) mass is 381 g/mol. The minimum absolute atomic E-state index is 0.0657. The van der Waals surface area contributed by atoms with Crippen LogP contribution in [0.4, 0.5) is 5.69 Å². The molecule has 0 radical (unpaired) electrons. The van der Waals surface area contributed by atoms with Crippen LogP contribution < -0.4 is 10.1 Å². The Bertz CT molecular complexity index is 837. The van der Waals surface area contributed by atoms with E-state index in [1.165, 1.54) is 0 Å². The highest BCUT2D eigenvalue weighted by molar-refractivity contribution is 7.90. The van der Waals surface area contributed by atoms with Crippen LogP contribution in [-0.4, -0.2) is 22.7 Å². The smallest absolute Gasteiger partial charge is 0.256 e. The van der Waals surface area contributed by atoms with Gasteiger partial charge < -0.3 is 14.6 Å². The highest BCUT2D eigenvalue weighted by atomic mass is 35.5. The molecule has 0 saturated heterocycles. The number of nitrogens with one attached hydrogen (secondary N) is 1. The molecule has 0 fully saturated rings. The third-order valence-corrected chi connectivity index (χ3v) is 4.34. The second-order valence-corrected chi connectivity index (χ2v) is 7.47. The predicted molar refractivity (Wildman–Crippen MR) is 99.0 cm³/mol. The van der Waals surface area contributed by atoms with Crippen molar-refractivity contribution in [1.29, 1.82) is 0 Å². The maximum Gasteiger partial charge on any atom is 0.256 e. The van der Waals surface area contributed by atoms with Crippen LogP contribution in [-0.2, 0) is 16.0 Å². The zero-order chi connectivity index (χ0) is 17.3. The summed E-state index contributed by atoms with van der Waals surface area (Å²) in [7, 11) is 0. The van der Waals surface area contributed by atoms with Crippen molar-refractivity contribution >= 4 is 57.6 Å². The lowest BCUT2D eigenvalue weighted by Crippen LogP contribution is -2.10. The molecule has 0 aromatic heterocycles. The molecule has 4 nitrogen and oxygen atoms in total. The first kappa shape index (κ1) is 17.2. The normalized spacial score (nSPS) is 16.0. The molecule has 7 heteroatoms. The summed E-state index contributed by atoms with van der Waals surface area (Å²) < 4.78 is 16.8. The molecule has 1 aliphatic rings. The van der Waals surface area contributed by atoms with Gasteiger partial charge in [0.05, 0.1) is 11.9 Å². The van der Waals surface area contributed by atoms with Crippen LogP contribution in [0.15, 0.2) is 36.4 Å². The topological polar surface area (TPSA) is 61.4 Å². The molecule has 0 saturated carbocycles. The van der Waals surface area contributed by atoms with Crippen molar-refractivity contribution < 1.29 is 14.1 Å². The lowest BCUT2D eigenvalue weighted by molar-refractivity contribution is -0.110. The molecule has 2 aromatic carbocycles. The highest BCUT2D eigenvalue weighted by Crippen LogP contribution is 2.36.